The number of aromatic nitrogens is 4. The first kappa shape index (κ1) is 31.5. The Kier molecular flexibility index (Phi) is 11.1. The van der Waals surface area contributed by atoms with E-state index in [1.165, 1.54) is 5.69 Å². The number of likely N-dealkylation sites (N-methyl/N-ethyl adjacent to an activating group) is 1. The summed E-state index contributed by atoms with van der Waals surface area (Å²) in [5.41, 5.74) is 7.27. The summed E-state index contributed by atoms with van der Waals surface area (Å²) in [7, 11) is 2.18. The van der Waals surface area contributed by atoms with Crippen molar-refractivity contribution in [2.24, 2.45) is 0 Å². The van der Waals surface area contributed by atoms with E-state index < -0.39 is 0 Å². The van der Waals surface area contributed by atoms with Gasteiger partial charge in [0.15, 0.2) is 0 Å². The van der Waals surface area contributed by atoms with Gasteiger partial charge in [-0.25, -0.2) is 9.97 Å². The van der Waals surface area contributed by atoms with Gasteiger partial charge in [0.2, 0.25) is 0 Å². The smallest absolute Gasteiger partial charge is 0.138 e. The summed E-state index contributed by atoms with van der Waals surface area (Å²) in [5, 5.41) is 0. The molecular formula is C27H32Cl4N6O. The molecule has 3 heterocycles. The molecule has 204 valence electrons. The van der Waals surface area contributed by atoms with Crippen molar-refractivity contribution < 1.29 is 4.74 Å². The number of aromatic amines is 2. The number of H-pyrrole nitrogens is 2. The van der Waals surface area contributed by atoms with Crippen LogP contribution < -0.4 is 9.64 Å². The number of piperazine rings is 1. The normalized spacial score (nSPS) is 13.3. The van der Waals surface area contributed by atoms with Crippen LogP contribution in [0.25, 0.3) is 44.8 Å². The van der Waals surface area contributed by atoms with Crippen LogP contribution >= 0.6 is 49.6 Å². The highest BCUT2D eigenvalue weighted by molar-refractivity contribution is 5.87. The maximum Gasteiger partial charge on any atom is 0.138 e. The number of nitrogens with zero attached hydrogens (tertiary/aromatic N) is 4. The van der Waals surface area contributed by atoms with Gasteiger partial charge >= 0.3 is 0 Å². The van der Waals surface area contributed by atoms with Crippen LogP contribution in [0.15, 0.2) is 60.7 Å². The molecule has 2 aromatic heterocycles. The fraction of sp³-hybridized carbons (Fsp3) is 0.259. The van der Waals surface area contributed by atoms with Crippen LogP contribution in [0.1, 0.15) is 6.92 Å². The Hall–Kier alpha value is -2.68. The Morgan fingerprint density at radius 3 is 1.89 bits per heavy atom. The maximum absolute atomic E-state index is 5.55. The van der Waals surface area contributed by atoms with Crippen LogP contribution in [0.2, 0.25) is 0 Å². The number of hydrogen-bond donors (Lipinski definition) is 2. The van der Waals surface area contributed by atoms with Crippen molar-refractivity contribution in [3.8, 4) is 28.5 Å². The number of anilines is 1. The van der Waals surface area contributed by atoms with Gasteiger partial charge in [-0.15, -0.1) is 49.6 Å². The van der Waals surface area contributed by atoms with Crippen LogP contribution in [0.3, 0.4) is 0 Å². The number of halogens is 4. The van der Waals surface area contributed by atoms with E-state index in [2.05, 4.69) is 57.1 Å². The van der Waals surface area contributed by atoms with Gasteiger partial charge < -0.3 is 24.5 Å². The van der Waals surface area contributed by atoms with Crippen molar-refractivity contribution >= 4 is 77.4 Å². The Labute approximate surface area is 247 Å². The number of ether oxygens (including phenoxy) is 1. The summed E-state index contributed by atoms with van der Waals surface area (Å²) < 4.78 is 5.55. The van der Waals surface area contributed by atoms with Gasteiger partial charge in [-0.3, -0.25) is 0 Å². The summed E-state index contributed by atoms with van der Waals surface area (Å²) >= 11 is 0. The molecule has 0 aliphatic carbocycles. The fourth-order valence-electron chi connectivity index (χ4n) is 4.57. The zero-order valence-corrected chi connectivity index (χ0v) is 24.4. The Bertz CT molecular complexity index is 1460. The Balaban J connectivity index is 0.00000127. The van der Waals surface area contributed by atoms with Gasteiger partial charge in [0.05, 0.1) is 28.7 Å². The van der Waals surface area contributed by atoms with Crippen LogP contribution in [0, 0.1) is 0 Å². The molecule has 38 heavy (non-hydrogen) atoms. The minimum absolute atomic E-state index is 0. The first-order valence-corrected chi connectivity index (χ1v) is 11.8. The van der Waals surface area contributed by atoms with Gasteiger partial charge in [0.25, 0.3) is 0 Å². The second-order valence-corrected chi connectivity index (χ2v) is 8.85. The van der Waals surface area contributed by atoms with Crippen molar-refractivity contribution in [2.45, 2.75) is 6.92 Å². The number of nitrogens with one attached hydrogen (secondary N) is 2. The molecule has 7 nitrogen and oxygen atoms in total. The molecule has 1 saturated heterocycles. The van der Waals surface area contributed by atoms with Crippen molar-refractivity contribution in [3.05, 3.63) is 60.7 Å². The highest BCUT2D eigenvalue weighted by atomic mass is 35.5. The second-order valence-electron chi connectivity index (χ2n) is 8.85. The molecular weight excluding hydrogens is 566 g/mol. The minimum atomic E-state index is 0. The molecule has 1 fully saturated rings. The van der Waals surface area contributed by atoms with Gasteiger partial charge in [0, 0.05) is 43.0 Å². The molecule has 1 aliphatic heterocycles. The second kappa shape index (κ2) is 13.4. The molecule has 3 aromatic carbocycles. The molecule has 6 rings (SSSR count). The van der Waals surface area contributed by atoms with E-state index in [9.17, 15) is 0 Å². The first-order chi connectivity index (χ1) is 16.7. The minimum Gasteiger partial charge on any atom is -0.494 e. The van der Waals surface area contributed by atoms with Gasteiger partial charge in [-0.2, -0.15) is 0 Å². The SMILES string of the molecule is CCOc1ccc(-c2nc3ccc(-c4nc5ccc(N6CCN(C)CC6)cc5[nH]4)cc3[nH]2)cc1.Cl.Cl.Cl.Cl. The predicted molar refractivity (Wildman–Crippen MR) is 166 cm³/mol. The number of benzene rings is 3. The molecule has 0 radical (unpaired) electrons. The average molecular weight is 598 g/mol. The molecule has 0 atom stereocenters. The topological polar surface area (TPSA) is 73.1 Å². The van der Waals surface area contributed by atoms with E-state index in [-0.39, 0.29) is 49.6 Å². The van der Waals surface area contributed by atoms with Crippen LogP contribution in [0.4, 0.5) is 5.69 Å². The van der Waals surface area contributed by atoms with Crippen molar-refractivity contribution in [1.29, 1.82) is 0 Å². The molecule has 0 spiro atoms. The highest BCUT2D eigenvalue weighted by Crippen LogP contribution is 2.28. The molecule has 0 bridgehead atoms. The number of rotatable bonds is 5. The van der Waals surface area contributed by atoms with Gasteiger partial charge in [0.1, 0.15) is 17.4 Å². The summed E-state index contributed by atoms with van der Waals surface area (Å²) in [6.07, 6.45) is 0. The third-order valence-electron chi connectivity index (χ3n) is 6.53. The fourth-order valence-corrected chi connectivity index (χ4v) is 4.57. The van der Waals surface area contributed by atoms with E-state index in [0.717, 1.165) is 76.8 Å². The molecule has 5 aromatic rings. The average Bonchev–Trinajstić information content (AvgIpc) is 3.48. The summed E-state index contributed by atoms with van der Waals surface area (Å²) in [4.78, 5) is 21.4. The molecule has 1 aliphatic rings. The molecule has 11 heteroatoms. The quantitative estimate of drug-likeness (QED) is 0.238. The third kappa shape index (κ3) is 6.30. The van der Waals surface area contributed by atoms with E-state index in [1.54, 1.807) is 0 Å². The number of fused-ring (bicyclic) bond motifs is 2. The van der Waals surface area contributed by atoms with E-state index in [1.807, 2.05) is 37.3 Å². The van der Waals surface area contributed by atoms with Gasteiger partial charge in [-0.1, -0.05) is 0 Å². The molecule has 0 amide bonds. The lowest BCUT2D eigenvalue weighted by Gasteiger charge is -2.34. The maximum atomic E-state index is 5.55. The van der Waals surface area contributed by atoms with Crippen molar-refractivity contribution in [3.63, 3.8) is 0 Å². The van der Waals surface area contributed by atoms with E-state index in [0.29, 0.717) is 6.61 Å². The van der Waals surface area contributed by atoms with Crippen LogP contribution in [-0.4, -0.2) is 64.7 Å². The lowest BCUT2D eigenvalue weighted by Crippen LogP contribution is -2.44. The Morgan fingerprint density at radius 2 is 1.26 bits per heavy atom. The molecule has 0 unspecified atom stereocenters. The monoisotopic (exact) mass is 596 g/mol. The summed E-state index contributed by atoms with van der Waals surface area (Å²) in [6, 6.07) is 20.7. The van der Waals surface area contributed by atoms with Crippen LogP contribution in [-0.2, 0) is 0 Å². The van der Waals surface area contributed by atoms with Crippen molar-refractivity contribution in [1.82, 2.24) is 24.8 Å². The van der Waals surface area contributed by atoms with E-state index >= 15 is 0 Å². The van der Waals surface area contributed by atoms with Gasteiger partial charge in [-0.05, 0) is 74.6 Å². The molecule has 0 saturated carbocycles. The standard InChI is InChI=1S/C27H28N6O.4ClH/c1-3-34-21-8-4-18(5-9-21)26-28-22-10-6-19(16-24(22)30-26)27-29-23-11-7-20(17-25(23)31-27)33-14-12-32(2)13-15-33;;;;/h4-11,16-17H,3,12-15H2,1-2H3,(H,28,30)(H,29,31);4*1H. The largest absolute Gasteiger partial charge is 0.494 e. The predicted octanol–water partition coefficient (Wildman–Crippen LogP) is 6.61. The lowest BCUT2D eigenvalue weighted by atomic mass is 10.2. The Morgan fingerprint density at radius 1 is 0.711 bits per heavy atom. The lowest BCUT2D eigenvalue weighted by molar-refractivity contribution is 0.313. The van der Waals surface area contributed by atoms with Crippen LogP contribution in [0.5, 0.6) is 5.75 Å². The number of hydrogen-bond acceptors (Lipinski definition) is 5. The van der Waals surface area contributed by atoms with E-state index in [4.69, 9.17) is 14.7 Å². The summed E-state index contributed by atoms with van der Waals surface area (Å²) in [6.45, 7) is 6.93. The zero-order chi connectivity index (χ0) is 23.1. The molecule has 2 N–H and O–H groups in total. The third-order valence-corrected chi connectivity index (χ3v) is 6.53. The first-order valence-electron chi connectivity index (χ1n) is 11.8. The zero-order valence-electron chi connectivity index (χ0n) is 21.1. The van der Waals surface area contributed by atoms with Crippen molar-refractivity contribution in [2.75, 3.05) is 44.7 Å². The summed E-state index contributed by atoms with van der Waals surface area (Å²) in [5.74, 6) is 2.58. The highest BCUT2D eigenvalue weighted by Gasteiger charge is 2.16. The number of imidazole rings is 2.